The van der Waals surface area contributed by atoms with Crippen molar-refractivity contribution in [3.63, 3.8) is 0 Å². The molecule has 1 aromatic rings. The van der Waals surface area contributed by atoms with Crippen molar-refractivity contribution in [2.75, 3.05) is 32.8 Å². The monoisotopic (exact) mass is 366 g/mol. The van der Waals surface area contributed by atoms with Crippen LogP contribution >= 0.6 is 11.3 Å². The van der Waals surface area contributed by atoms with Crippen LogP contribution in [0.5, 0.6) is 0 Å². The maximum atomic E-state index is 12.4. The van der Waals surface area contributed by atoms with Crippen LogP contribution in [0.3, 0.4) is 0 Å². The molecule has 1 saturated carbocycles. The van der Waals surface area contributed by atoms with Crippen LogP contribution in [-0.4, -0.2) is 54.3 Å². The smallest absolute Gasteiger partial charge is 0.315 e. The summed E-state index contributed by atoms with van der Waals surface area (Å²) in [6.45, 7) is 8.26. The molecule has 0 bridgehead atoms. The molecule has 2 amide bonds. The van der Waals surface area contributed by atoms with E-state index >= 15 is 0 Å². The molecule has 0 spiro atoms. The number of hydrogen-bond donors (Lipinski definition) is 2. The minimum atomic E-state index is -0.0986. The van der Waals surface area contributed by atoms with Crippen LogP contribution in [0, 0.1) is 6.92 Å². The highest BCUT2D eigenvalue weighted by molar-refractivity contribution is 7.11. The quantitative estimate of drug-likeness (QED) is 0.841. The molecular weight excluding hydrogens is 336 g/mol. The van der Waals surface area contributed by atoms with Gasteiger partial charge in [0, 0.05) is 36.2 Å². The van der Waals surface area contributed by atoms with Crippen molar-refractivity contribution in [3.8, 4) is 0 Å². The number of morpholine rings is 1. The van der Waals surface area contributed by atoms with Crippen molar-refractivity contribution in [1.29, 1.82) is 0 Å². The Kier molecular flexibility index (Phi) is 6.30. The molecule has 2 heterocycles. The molecule has 1 atom stereocenters. The van der Waals surface area contributed by atoms with E-state index in [4.69, 9.17) is 4.74 Å². The van der Waals surface area contributed by atoms with E-state index in [-0.39, 0.29) is 17.6 Å². The molecule has 3 rings (SSSR count). The standard InChI is InChI=1S/C18H30N4O2S/c1-14-12-19-16(25-14)15(2)21-17(23)20-13-18(6-4-3-5-7-18)22-8-10-24-11-9-22/h12,15H,3-11,13H2,1-2H3,(H2,20,21,23). The number of hydrogen-bond acceptors (Lipinski definition) is 5. The molecular formula is C18H30N4O2S. The van der Waals surface area contributed by atoms with E-state index in [2.05, 4.69) is 20.5 Å². The van der Waals surface area contributed by atoms with E-state index in [0.717, 1.165) is 49.0 Å². The molecule has 25 heavy (non-hydrogen) atoms. The summed E-state index contributed by atoms with van der Waals surface area (Å²) in [6.07, 6.45) is 7.97. The average molecular weight is 367 g/mol. The fourth-order valence-corrected chi connectivity index (χ4v) is 4.76. The SMILES string of the molecule is Cc1cnc(C(C)NC(=O)NCC2(N3CCOCC3)CCCCC2)s1. The van der Waals surface area contributed by atoms with Gasteiger partial charge in [-0.2, -0.15) is 0 Å². The normalized spacial score (nSPS) is 22.3. The van der Waals surface area contributed by atoms with Gasteiger partial charge in [0.2, 0.25) is 0 Å². The van der Waals surface area contributed by atoms with Gasteiger partial charge in [-0.15, -0.1) is 11.3 Å². The average Bonchev–Trinajstić information content (AvgIpc) is 3.08. The highest BCUT2D eigenvalue weighted by atomic mass is 32.1. The van der Waals surface area contributed by atoms with E-state index in [1.54, 1.807) is 11.3 Å². The predicted octanol–water partition coefficient (Wildman–Crippen LogP) is 2.85. The highest BCUT2D eigenvalue weighted by Crippen LogP contribution is 2.33. The number of aromatic nitrogens is 1. The van der Waals surface area contributed by atoms with Crippen LogP contribution in [0.25, 0.3) is 0 Å². The Morgan fingerprint density at radius 2 is 2.08 bits per heavy atom. The summed E-state index contributed by atoms with van der Waals surface area (Å²) < 4.78 is 5.52. The van der Waals surface area contributed by atoms with E-state index < -0.39 is 0 Å². The van der Waals surface area contributed by atoms with E-state index in [9.17, 15) is 4.79 Å². The minimum Gasteiger partial charge on any atom is -0.379 e. The van der Waals surface area contributed by atoms with Gasteiger partial charge < -0.3 is 15.4 Å². The Balaban J connectivity index is 1.55. The number of aryl methyl sites for hydroxylation is 1. The van der Waals surface area contributed by atoms with Crippen LogP contribution < -0.4 is 10.6 Å². The first kappa shape index (κ1) is 18.6. The number of carbonyl (C=O) groups is 1. The first-order valence-electron chi connectivity index (χ1n) is 9.39. The largest absolute Gasteiger partial charge is 0.379 e. The lowest BCUT2D eigenvalue weighted by Gasteiger charge is -2.48. The summed E-state index contributed by atoms with van der Waals surface area (Å²) in [5.74, 6) is 0. The number of ether oxygens (including phenoxy) is 1. The number of thiazole rings is 1. The van der Waals surface area contributed by atoms with Gasteiger partial charge in [-0.3, -0.25) is 4.90 Å². The minimum absolute atomic E-state index is 0.0654. The van der Waals surface area contributed by atoms with Gasteiger partial charge in [0.1, 0.15) is 5.01 Å². The van der Waals surface area contributed by atoms with Gasteiger partial charge >= 0.3 is 6.03 Å². The Bertz CT molecular complexity index is 565. The van der Waals surface area contributed by atoms with Gasteiger partial charge in [0.05, 0.1) is 19.3 Å². The van der Waals surface area contributed by atoms with Gasteiger partial charge in [-0.1, -0.05) is 19.3 Å². The Morgan fingerprint density at radius 1 is 1.36 bits per heavy atom. The van der Waals surface area contributed by atoms with Gasteiger partial charge in [-0.25, -0.2) is 9.78 Å². The van der Waals surface area contributed by atoms with Gasteiger partial charge in [-0.05, 0) is 26.7 Å². The fourth-order valence-electron chi connectivity index (χ4n) is 3.98. The molecule has 0 aromatic carbocycles. The number of urea groups is 1. The molecule has 1 unspecified atom stereocenters. The molecule has 2 fully saturated rings. The molecule has 140 valence electrons. The maximum Gasteiger partial charge on any atom is 0.315 e. The topological polar surface area (TPSA) is 66.5 Å². The number of carbonyl (C=O) groups excluding carboxylic acids is 1. The first-order chi connectivity index (χ1) is 12.1. The van der Waals surface area contributed by atoms with E-state index in [1.165, 1.54) is 19.3 Å². The van der Waals surface area contributed by atoms with Crippen LogP contribution in [0.1, 0.15) is 55.0 Å². The highest BCUT2D eigenvalue weighted by Gasteiger charge is 2.38. The van der Waals surface area contributed by atoms with Crippen LogP contribution in [-0.2, 0) is 4.74 Å². The third-order valence-electron chi connectivity index (χ3n) is 5.40. The number of nitrogens with zero attached hydrogens (tertiary/aromatic N) is 2. The summed E-state index contributed by atoms with van der Waals surface area (Å²) in [5, 5.41) is 7.12. The van der Waals surface area contributed by atoms with Crippen molar-refractivity contribution in [3.05, 3.63) is 16.1 Å². The molecule has 1 aliphatic carbocycles. The molecule has 1 saturated heterocycles. The first-order valence-corrected chi connectivity index (χ1v) is 10.2. The number of nitrogens with one attached hydrogen (secondary N) is 2. The number of rotatable bonds is 5. The summed E-state index contributed by atoms with van der Waals surface area (Å²) in [5.41, 5.74) is 0.0976. The lowest BCUT2D eigenvalue weighted by molar-refractivity contribution is -0.0357. The number of amides is 2. The second kappa shape index (κ2) is 8.47. The summed E-state index contributed by atoms with van der Waals surface area (Å²) >= 11 is 1.63. The summed E-state index contributed by atoms with van der Waals surface area (Å²) in [4.78, 5) is 20.5. The fraction of sp³-hybridized carbons (Fsp3) is 0.778. The van der Waals surface area contributed by atoms with Crippen molar-refractivity contribution < 1.29 is 9.53 Å². The zero-order valence-corrected chi connectivity index (χ0v) is 16.2. The molecule has 2 N–H and O–H groups in total. The lowest BCUT2D eigenvalue weighted by Crippen LogP contribution is -2.60. The third-order valence-corrected chi connectivity index (χ3v) is 6.50. The Labute approximate surface area is 154 Å². The second-order valence-corrected chi connectivity index (χ2v) is 8.51. The van der Waals surface area contributed by atoms with Gasteiger partial charge in [0.25, 0.3) is 0 Å². The molecule has 1 aromatic heterocycles. The summed E-state index contributed by atoms with van der Waals surface area (Å²) in [6, 6.07) is -0.164. The Hall–Kier alpha value is -1.18. The van der Waals surface area contributed by atoms with Crippen molar-refractivity contribution in [2.45, 2.75) is 57.5 Å². The molecule has 0 radical (unpaired) electrons. The Morgan fingerprint density at radius 3 is 2.72 bits per heavy atom. The summed E-state index contributed by atoms with van der Waals surface area (Å²) in [7, 11) is 0. The molecule has 1 aliphatic heterocycles. The lowest BCUT2D eigenvalue weighted by atomic mass is 9.80. The van der Waals surface area contributed by atoms with Gasteiger partial charge in [0.15, 0.2) is 0 Å². The van der Waals surface area contributed by atoms with Crippen molar-refractivity contribution in [2.24, 2.45) is 0 Å². The predicted molar refractivity (Wildman–Crippen MR) is 100 cm³/mol. The third kappa shape index (κ3) is 4.71. The van der Waals surface area contributed by atoms with Crippen LogP contribution in [0.15, 0.2) is 6.20 Å². The van der Waals surface area contributed by atoms with Crippen molar-refractivity contribution in [1.82, 2.24) is 20.5 Å². The van der Waals surface area contributed by atoms with Crippen molar-refractivity contribution >= 4 is 17.4 Å². The van der Waals surface area contributed by atoms with E-state index in [1.807, 2.05) is 20.0 Å². The molecule has 2 aliphatic rings. The zero-order chi connectivity index (χ0) is 17.7. The molecule has 6 nitrogen and oxygen atoms in total. The van der Waals surface area contributed by atoms with Crippen LogP contribution in [0.4, 0.5) is 4.79 Å². The second-order valence-electron chi connectivity index (χ2n) is 7.24. The molecule has 7 heteroatoms. The zero-order valence-electron chi connectivity index (χ0n) is 15.3. The van der Waals surface area contributed by atoms with E-state index in [0.29, 0.717) is 6.54 Å². The maximum absolute atomic E-state index is 12.4. The van der Waals surface area contributed by atoms with Crippen LogP contribution in [0.2, 0.25) is 0 Å².